The molecule has 0 aliphatic carbocycles. The molecule has 2 fully saturated rings. The number of hydrogen-bond donors (Lipinski definition) is 0. The van der Waals surface area contributed by atoms with E-state index in [1.54, 1.807) is 11.3 Å². The van der Waals surface area contributed by atoms with Crippen molar-refractivity contribution >= 4 is 48.5 Å². The van der Waals surface area contributed by atoms with Gasteiger partial charge in [-0.25, -0.2) is 4.98 Å². The number of likely N-dealkylation sites (tertiary alicyclic amines) is 1. The maximum atomic E-state index is 12.5. The van der Waals surface area contributed by atoms with Gasteiger partial charge in [-0.1, -0.05) is 27.3 Å². The molecule has 0 spiro atoms. The standard InChI is InChI=1S/C16H18BrN3OS/c17-12-3-4-13-14(9-12)22-16(18-13)20-8-5-11(10-20)15(21)19-6-1-2-7-19/h3-4,9,11H,1-2,5-8,10H2. The number of nitrogens with zero attached hydrogens (tertiary/aromatic N) is 3. The van der Waals surface area contributed by atoms with Crippen molar-refractivity contribution in [2.24, 2.45) is 5.92 Å². The molecular weight excluding hydrogens is 362 g/mol. The van der Waals surface area contributed by atoms with Crippen LogP contribution >= 0.6 is 27.3 Å². The zero-order valence-electron chi connectivity index (χ0n) is 12.3. The van der Waals surface area contributed by atoms with E-state index in [0.717, 1.165) is 60.6 Å². The first-order valence-electron chi connectivity index (χ1n) is 7.80. The number of amides is 1. The van der Waals surface area contributed by atoms with Gasteiger partial charge < -0.3 is 9.80 Å². The fourth-order valence-electron chi connectivity index (χ4n) is 3.35. The molecule has 2 aliphatic rings. The molecule has 6 heteroatoms. The Morgan fingerprint density at radius 2 is 2.09 bits per heavy atom. The van der Waals surface area contributed by atoms with Gasteiger partial charge in [0.2, 0.25) is 5.91 Å². The number of aromatic nitrogens is 1. The van der Waals surface area contributed by atoms with E-state index in [1.807, 2.05) is 17.0 Å². The maximum Gasteiger partial charge on any atom is 0.227 e. The predicted molar refractivity (Wildman–Crippen MR) is 93.5 cm³/mol. The average Bonchev–Trinajstić information content (AvgIpc) is 3.25. The summed E-state index contributed by atoms with van der Waals surface area (Å²) in [4.78, 5) is 21.6. The fraction of sp³-hybridized carbons (Fsp3) is 0.500. The van der Waals surface area contributed by atoms with Crippen molar-refractivity contribution < 1.29 is 4.79 Å². The van der Waals surface area contributed by atoms with Crippen LogP contribution in [-0.4, -0.2) is 42.0 Å². The van der Waals surface area contributed by atoms with E-state index >= 15 is 0 Å². The van der Waals surface area contributed by atoms with E-state index < -0.39 is 0 Å². The predicted octanol–water partition coefficient (Wildman–Crippen LogP) is 3.51. The van der Waals surface area contributed by atoms with Gasteiger partial charge >= 0.3 is 0 Å². The van der Waals surface area contributed by atoms with Crippen LogP contribution in [0.3, 0.4) is 0 Å². The highest BCUT2D eigenvalue weighted by atomic mass is 79.9. The Balaban J connectivity index is 1.50. The monoisotopic (exact) mass is 379 g/mol. The minimum absolute atomic E-state index is 0.150. The van der Waals surface area contributed by atoms with E-state index in [0.29, 0.717) is 5.91 Å². The Kier molecular flexibility index (Phi) is 3.82. The number of carbonyl (C=O) groups is 1. The molecule has 0 bridgehead atoms. The lowest BCUT2D eigenvalue weighted by molar-refractivity contribution is -0.133. The van der Waals surface area contributed by atoms with Crippen molar-refractivity contribution in [3.63, 3.8) is 0 Å². The highest BCUT2D eigenvalue weighted by Crippen LogP contribution is 2.34. The third-order valence-electron chi connectivity index (χ3n) is 4.56. The molecule has 4 nitrogen and oxygen atoms in total. The van der Waals surface area contributed by atoms with E-state index in [2.05, 4.69) is 26.9 Å². The number of rotatable bonds is 2. The number of anilines is 1. The van der Waals surface area contributed by atoms with Crippen LogP contribution in [0.25, 0.3) is 10.2 Å². The smallest absolute Gasteiger partial charge is 0.227 e. The van der Waals surface area contributed by atoms with Gasteiger partial charge in [0.15, 0.2) is 5.13 Å². The van der Waals surface area contributed by atoms with Crippen molar-refractivity contribution in [3.05, 3.63) is 22.7 Å². The minimum Gasteiger partial charge on any atom is -0.347 e. The summed E-state index contributed by atoms with van der Waals surface area (Å²) in [6, 6.07) is 6.18. The Bertz CT molecular complexity index is 710. The topological polar surface area (TPSA) is 36.4 Å². The van der Waals surface area contributed by atoms with Crippen molar-refractivity contribution in [3.8, 4) is 0 Å². The summed E-state index contributed by atoms with van der Waals surface area (Å²) in [6.45, 7) is 3.65. The van der Waals surface area contributed by atoms with Crippen molar-refractivity contribution in [1.82, 2.24) is 9.88 Å². The number of fused-ring (bicyclic) bond motifs is 1. The Hall–Kier alpha value is -1.14. The van der Waals surface area contributed by atoms with E-state index in [4.69, 9.17) is 4.98 Å². The molecule has 2 aliphatic heterocycles. The molecular formula is C16H18BrN3OS. The minimum atomic E-state index is 0.150. The van der Waals surface area contributed by atoms with Gasteiger partial charge in [0.1, 0.15) is 0 Å². The summed E-state index contributed by atoms with van der Waals surface area (Å²) in [5.74, 6) is 0.501. The highest BCUT2D eigenvalue weighted by molar-refractivity contribution is 9.10. The summed E-state index contributed by atoms with van der Waals surface area (Å²) < 4.78 is 2.28. The summed E-state index contributed by atoms with van der Waals surface area (Å²) in [5, 5.41) is 1.05. The summed E-state index contributed by atoms with van der Waals surface area (Å²) in [7, 11) is 0. The van der Waals surface area contributed by atoms with E-state index in [-0.39, 0.29) is 5.92 Å². The molecule has 4 rings (SSSR count). The van der Waals surface area contributed by atoms with Crippen molar-refractivity contribution in [2.75, 3.05) is 31.1 Å². The van der Waals surface area contributed by atoms with Crippen LogP contribution in [-0.2, 0) is 4.79 Å². The van der Waals surface area contributed by atoms with Crippen LogP contribution in [0.1, 0.15) is 19.3 Å². The number of benzene rings is 1. The molecule has 2 aromatic rings. The number of hydrogen-bond acceptors (Lipinski definition) is 4. The maximum absolute atomic E-state index is 12.5. The molecule has 1 aromatic heterocycles. The summed E-state index contributed by atoms with van der Waals surface area (Å²) in [5.41, 5.74) is 1.04. The molecule has 1 unspecified atom stereocenters. The number of carbonyl (C=O) groups excluding carboxylic acids is 1. The van der Waals surface area contributed by atoms with Crippen molar-refractivity contribution in [2.45, 2.75) is 19.3 Å². The quantitative estimate of drug-likeness (QED) is 0.800. The third kappa shape index (κ3) is 2.63. The van der Waals surface area contributed by atoms with Gasteiger partial charge in [-0.15, -0.1) is 0 Å². The van der Waals surface area contributed by atoms with Crippen LogP contribution in [0.4, 0.5) is 5.13 Å². The molecule has 0 radical (unpaired) electrons. The Labute approximate surface area is 142 Å². The number of halogens is 1. The summed E-state index contributed by atoms with van der Waals surface area (Å²) in [6.07, 6.45) is 3.28. The lowest BCUT2D eigenvalue weighted by Gasteiger charge is -2.20. The zero-order chi connectivity index (χ0) is 15.1. The molecule has 3 heterocycles. The molecule has 1 aromatic carbocycles. The van der Waals surface area contributed by atoms with Crippen molar-refractivity contribution in [1.29, 1.82) is 0 Å². The molecule has 116 valence electrons. The third-order valence-corrected chi connectivity index (χ3v) is 6.14. The van der Waals surface area contributed by atoms with Gasteiger partial charge in [0.05, 0.1) is 16.1 Å². The lowest BCUT2D eigenvalue weighted by atomic mass is 10.1. The van der Waals surface area contributed by atoms with Gasteiger partial charge in [-0.2, -0.15) is 0 Å². The van der Waals surface area contributed by atoms with Crippen LogP contribution in [0.15, 0.2) is 22.7 Å². The van der Waals surface area contributed by atoms with Gasteiger partial charge in [0, 0.05) is 30.7 Å². The Morgan fingerprint density at radius 1 is 1.27 bits per heavy atom. The fourth-order valence-corrected chi connectivity index (χ4v) is 4.91. The first-order chi connectivity index (χ1) is 10.7. The van der Waals surface area contributed by atoms with Gasteiger partial charge in [-0.05, 0) is 37.5 Å². The average molecular weight is 380 g/mol. The van der Waals surface area contributed by atoms with Crippen LogP contribution in [0.5, 0.6) is 0 Å². The second-order valence-electron chi connectivity index (χ2n) is 6.07. The second-order valence-corrected chi connectivity index (χ2v) is 8.00. The molecule has 2 saturated heterocycles. The van der Waals surface area contributed by atoms with Crippen LogP contribution in [0.2, 0.25) is 0 Å². The SMILES string of the molecule is O=C(C1CCN(c2nc3ccc(Br)cc3s2)C1)N1CCCC1. The molecule has 1 atom stereocenters. The summed E-state index contributed by atoms with van der Waals surface area (Å²) >= 11 is 5.22. The highest BCUT2D eigenvalue weighted by Gasteiger charge is 2.33. The lowest BCUT2D eigenvalue weighted by Crippen LogP contribution is -2.35. The van der Waals surface area contributed by atoms with Crippen LogP contribution < -0.4 is 4.90 Å². The first-order valence-corrected chi connectivity index (χ1v) is 9.41. The first kappa shape index (κ1) is 14.5. The largest absolute Gasteiger partial charge is 0.347 e. The zero-order valence-corrected chi connectivity index (χ0v) is 14.7. The Morgan fingerprint density at radius 3 is 2.91 bits per heavy atom. The second kappa shape index (κ2) is 5.81. The molecule has 0 N–H and O–H groups in total. The normalized spacial score (nSPS) is 22.0. The molecule has 1 amide bonds. The van der Waals surface area contributed by atoms with Crippen LogP contribution in [0, 0.1) is 5.92 Å². The van der Waals surface area contributed by atoms with Gasteiger partial charge in [0.25, 0.3) is 0 Å². The molecule has 0 saturated carbocycles. The van der Waals surface area contributed by atoms with E-state index in [9.17, 15) is 4.79 Å². The number of thiazole rings is 1. The van der Waals surface area contributed by atoms with Gasteiger partial charge in [-0.3, -0.25) is 4.79 Å². The molecule has 22 heavy (non-hydrogen) atoms. The van der Waals surface area contributed by atoms with E-state index in [1.165, 1.54) is 4.70 Å².